The van der Waals surface area contributed by atoms with Gasteiger partial charge < -0.3 is 5.73 Å². The molecule has 0 spiro atoms. The van der Waals surface area contributed by atoms with Gasteiger partial charge in [-0.25, -0.2) is 0 Å². The van der Waals surface area contributed by atoms with Crippen LogP contribution in [0.4, 0.5) is 0 Å². The molecule has 2 heteroatoms. The molecular formula is C14H18IN. The molecule has 3 atom stereocenters. The number of hydrogen-bond acceptors (Lipinski definition) is 1. The van der Waals surface area contributed by atoms with Gasteiger partial charge in [0.25, 0.3) is 0 Å². The molecule has 1 aromatic carbocycles. The molecule has 86 valence electrons. The molecule has 3 rings (SSSR count). The van der Waals surface area contributed by atoms with Gasteiger partial charge in [-0.3, -0.25) is 0 Å². The zero-order valence-electron chi connectivity index (χ0n) is 9.40. The first-order valence-electron chi connectivity index (χ1n) is 6.22. The Hall–Kier alpha value is -0.0900. The molecule has 16 heavy (non-hydrogen) atoms. The first kappa shape index (κ1) is 11.0. The van der Waals surface area contributed by atoms with Gasteiger partial charge in [-0.1, -0.05) is 12.1 Å². The van der Waals surface area contributed by atoms with Crippen LogP contribution < -0.4 is 5.73 Å². The fraction of sp³-hybridized carbons (Fsp3) is 0.571. The minimum Gasteiger partial charge on any atom is -0.327 e. The van der Waals surface area contributed by atoms with Crippen LogP contribution in [0.5, 0.6) is 0 Å². The van der Waals surface area contributed by atoms with E-state index in [1.54, 1.807) is 0 Å². The molecule has 1 aromatic rings. The molecule has 0 amide bonds. The third-order valence-corrected chi connectivity index (χ3v) is 4.99. The van der Waals surface area contributed by atoms with Crippen LogP contribution in [0.1, 0.15) is 24.8 Å². The maximum Gasteiger partial charge on any atom is 0.0130 e. The van der Waals surface area contributed by atoms with Gasteiger partial charge in [-0.2, -0.15) is 0 Å². The van der Waals surface area contributed by atoms with Crippen LogP contribution in [0.15, 0.2) is 24.3 Å². The molecule has 2 aliphatic rings. The number of rotatable bonds is 3. The zero-order valence-corrected chi connectivity index (χ0v) is 11.6. The molecule has 0 saturated heterocycles. The van der Waals surface area contributed by atoms with Crippen LogP contribution in [0.3, 0.4) is 0 Å². The molecule has 3 unspecified atom stereocenters. The van der Waals surface area contributed by atoms with Gasteiger partial charge in [0.15, 0.2) is 0 Å². The second-order valence-electron chi connectivity index (χ2n) is 5.48. The van der Waals surface area contributed by atoms with Crippen molar-refractivity contribution in [2.75, 3.05) is 0 Å². The lowest BCUT2D eigenvalue weighted by molar-refractivity contribution is 0.392. The van der Waals surface area contributed by atoms with Crippen molar-refractivity contribution in [1.29, 1.82) is 0 Å². The van der Waals surface area contributed by atoms with E-state index in [0.717, 1.165) is 24.2 Å². The number of fused-ring (bicyclic) bond motifs is 1. The van der Waals surface area contributed by atoms with Crippen molar-refractivity contribution in [2.45, 2.75) is 31.7 Å². The van der Waals surface area contributed by atoms with Crippen molar-refractivity contribution in [2.24, 2.45) is 23.5 Å². The van der Waals surface area contributed by atoms with E-state index < -0.39 is 0 Å². The number of benzene rings is 1. The van der Waals surface area contributed by atoms with Gasteiger partial charge in [-0.15, -0.1) is 0 Å². The summed E-state index contributed by atoms with van der Waals surface area (Å²) in [6.07, 6.45) is 5.35. The van der Waals surface area contributed by atoms with Crippen molar-refractivity contribution in [1.82, 2.24) is 0 Å². The van der Waals surface area contributed by atoms with Crippen LogP contribution in [0.25, 0.3) is 0 Å². The second kappa shape index (κ2) is 4.30. The second-order valence-corrected chi connectivity index (χ2v) is 6.73. The van der Waals surface area contributed by atoms with E-state index in [9.17, 15) is 0 Å². The molecule has 2 N–H and O–H groups in total. The third-order valence-electron chi connectivity index (χ3n) is 4.27. The fourth-order valence-corrected chi connectivity index (χ4v) is 3.53. The molecule has 1 nitrogen and oxygen atoms in total. The van der Waals surface area contributed by atoms with Crippen molar-refractivity contribution >= 4 is 22.6 Å². The lowest BCUT2D eigenvalue weighted by Crippen LogP contribution is -2.31. The smallest absolute Gasteiger partial charge is 0.0130 e. The predicted octanol–water partition coefficient (Wildman–Crippen LogP) is 3.21. The number of hydrogen-bond donors (Lipinski definition) is 1. The lowest BCUT2D eigenvalue weighted by atomic mass is 9.90. The number of halogens is 1. The Balaban J connectivity index is 1.59. The van der Waals surface area contributed by atoms with Crippen LogP contribution in [0.2, 0.25) is 0 Å². The molecule has 2 fully saturated rings. The zero-order chi connectivity index (χ0) is 11.1. The van der Waals surface area contributed by atoms with Crippen LogP contribution in [-0.4, -0.2) is 6.04 Å². The molecule has 0 heterocycles. The van der Waals surface area contributed by atoms with Crippen molar-refractivity contribution in [3.63, 3.8) is 0 Å². The summed E-state index contributed by atoms with van der Waals surface area (Å²) in [5, 5.41) is 0. The molecule has 0 aliphatic heterocycles. The average Bonchev–Trinajstić information content (AvgIpc) is 2.89. The highest BCUT2D eigenvalue weighted by Crippen LogP contribution is 2.55. The summed E-state index contributed by atoms with van der Waals surface area (Å²) in [4.78, 5) is 0. The highest BCUT2D eigenvalue weighted by atomic mass is 127. The third kappa shape index (κ3) is 2.28. The van der Waals surface area contributed by atoms with Crippen molar-refractivity contribution in [3.8, 4) is 0 Å². The largest absolute Gasteiger partial charge is 0.327 e. The summed E-state index contributed by atoms with van der Waals surface area (Å²) in [6, 6.07) is 9.17. The van der Waals surface area contributed by atoms with Gasteiger partial charge in [0.1, 0.15) is 0 Å². The van der Waals surface area contributed by atoms with E-state index in [0.29, 0.717) is 6.04 Å². The monoisotopic (exact) mass is 327 g/mol. The Labute approximate surface area is 111 Å². The van der Waals surface area contributed by atoms with Crippen LogP contribution in [0, 0.1) is 21.3 Å². The SMILES string of the molecule is NC(Cc1ccc(I)cc1)C1CC2CC2C1. The van der Waals surface area contributed by atoms with Gasteiger partial charge in [-0.05, 0) is 83.7 Å². The molecular weight excluding hydrogens is 309 g/mol. The summed E-state index contributed by atoms with van der Waals surface area (Å²) in [5.41, 5.74) is 7.73. The minimum absolute atomic E-state index is 0.382. The fourth-order valence-electron chi connectivity index (χ4n) is 3.17. The summed E-state index contributed by atoms with van der Waals surface area (Å²) in [7, 11) is 0. The Morgan fingerprint density at radius 2 is 1.75 bits per heavy atom. The maximum absolute atomic E-state index is 6.33. The Morgan fingerprint density at radius 3 is 2.38 bits per heavy atom. The van der Waals surface area contributed by atoms with E-state index in [1.165, 1.54) is 28.4 Å². The highest BCUT2D eigenvalue weighted by molar-refractivity contribution is 14.1. The van der Waals surface area contributed by atoms with E-state index in [1.807, 2.05) is 0 Å². The molecule has 0 radical (unpaired) electrons. The Bertz CT molecular complexity index is 363. The Morgan fingerprint density at radius 1 is 1.12 bits per heavy atom. The van der Waals surface area contributed by atoms with Crippen LogP contribution >= 0.6 is 22.6 Å². The van der Waals surface area contributed by atoms with Gasteiger partial charge in [0.05, 0.1) is 0 Å². The lowest BCUT2D eigenvalue weighted by Gasteiger charge is -2.20. The first-order chi connectivity index (χ1) is 7.72. The topological polar surface area (TPSA) is 26.0 Å². The highest BCUT2D eigenvalue weighted by Gasteiger charge is 2.47. The molecule has 2 aliphatic carbocycles. The Kier molecular flexibility index (Phi) is 2.96. The van der Waals surface area contributed by atoms with E-state index in [4.69, 9.17) is 5.73 Å². The summed E-state index contributed by atoms with van der Waals surface area (Å²) in [5.74, 6) is 2.89. The minimum atomic E-state index is 0.382. The average molecular weight is 327 g/mol. The summed E-state index contributed by atoms with van der Waals surface area (Å²) < 4.78 is 1.30. The molecule has 0 bridgehead atoms. The predicted molar refractivity (Wildman–Crippen MR) is 75.2 cm³/mol. The van der Waals surface area contributed by atoms with Gasteiger partial charge in [0.2, 0.25) is 0 Å². The van der Waals surface area contributed by atoms with Crippen molar-refractivity contribution < 1.29 is 0 Å². The van der Waals surface area contributed by atoms with E-state index in [-0.39, 0.29) is 0 Å². The van der Waals surface area contributed by atoms with Crippen LogP contribution in [-0.2, 0) is 6.42 Å². The van der Waals surface area contributed by atoms with Crippen molar-refractivity contribution in [3.05, 3.63) is 33.4 Å². The molecule has 2 saturated carbocycles. The standard InChI is InChI=1S/C14H18IN/c15-13-3-1-9(2-4-13)5-14(16)12-7-10-6-11(10)8-12/h1-4,10-12,14H,5-8,16H2. The quantitative estimate of drug-likeness (QED) is 0.848. The number of nitrogens with two attached hydrogens (primary N) is 1. The summed E-state index contributed by atoms with van der Waals surface area (Å²) >= 11 is 2.35. The van der Waals surface area contributed by atoms with E-state index >= 15 is 0 Å². The first-order valence-corrected chi connectivity index (χ1v) is 7.30. The van der Waals surface area contributed by atoms with E-state index in [2.05, 4.69) is 46.9 Å². The maximum atomic E-state index is 6.33. The summed E-state index contributed by atoms with van der Waals surface area (Å²) in [6.45, 7) is 0. The molecule has 0 aromatic heterocycles. The van der Waals surface area contributed by atoms with Gasteiger partial charge in [0, 0.05) is 9.61 Å². The van der Waals surface area contributed by atoms with Gasteiger partial charge >= 0.3 is 0 Å². The normalized spacial score (nSPS) is 33.5.